The lowest BCUT2D eigenvalue weighted by Gasteiger charge is -2.26. The van der Waals surface area contributed by atoms with E-state index in [1.54, 1.807) is 0 Å². The van der Waals surface area contributed by atoms with Crippen LogP contribution in [0.4, 0.5) is 4.79 Å². The van der Waals surface area contributed by atoms with E-state index in [9.17, 15) is 9.59 Å². The van der Waals surface area contributed by atoms with E-state index in [4.69, 9.17) is 4.74 Å². The van der Waals surface area contributed by atoms with Gasteiger partial charge in [0.1, 0.15) is 0 Å². The first kappa shape index (κ1) is 14.9. The number of rotatable bonds is 3. The van der Waals surface area contributed by atoms with E-state index in [0.717, 1.165) is 13.1 Å². The maximum Gasteiger partial charge on any atom is 0.321 e. The van der Waals surface area contributed by atoms with Crippen LogP contribution in [0.25, 0.3) is 0 Å². The van der Waals surface area contributed by atoms with Gasteiger partial charge in [0.15, 0.2) is 0 Å². The second kappa shape index (κ2) is 6.70. The van der Waals surface area contributed by atoms with Crippen molar-refractivity contribution < 1.29 is 14.3 Å². The van der Waals surface area contributed by atoms with Crippen molar-refractivity contribution in [1.29, 1.82) is 0 Å². The van der Waals surface area contributed by atoms with Crippen LogP contribution in [0, 0.1) is 0 Å². The molecule has 1 rings (SSSR count). The third kappa shape index (κ3) is 6.56. The molecule has 0 aromatic rings. The lowest BCUT2D eigenvalue weighted by atomic mass is 10.1. The Morgan fingerprint density at radius 1 is 1.22 bits per heavy atom. The third-order valence-corrected chi connectivity index (χ3v) is 2.50. The zero-order valence-electron chi connectivity index (χ0n) is 11.4. The van der Waals surface area contributed by atoms with Gasteiger partial charge in [0.2, 0.25) is 5.91 Å². The number of carbonyl (C=O) groups is 2. The molecule has 6 nitrogen and oxygen atoms in total. The molecule has 1 aliphatic rings. The molecule has 0 aromatic carbocycles. The Hall–Kier alpha value is -1.14. The van der Waals surface area contributed by atoms with Gasteiger partial charge in [-0.3, -0.25) is 15.0 Å². The molecule has 104 valence electrons. The first-order chi connectivity index (χ1) is 8.37. The molecule has 6 heteroatoms. The van der Waals surface area contributed by atoms with E-state index in [2.05, 4.69) is 15.5 Å². The first-order valence-corrected chi connectivity index (χ1v) is 6.29. The second-order valence-electron chi connectivity index (χ2n) is 5.46. The summed E-state index contributed by atoms with van der Waals surface area (Å²) >= 11 is 0. The van der Waals surface area contributed by atoms with Crippen molar-refractivity contribution in [1.82, 2.24) is 15.5 Å². The lowest BCUT2D eigenvalue weighted by molar-refractivity contribution is -0.120. The molecule has 18 heavy (non-hydrogen) atoms. The topological polar surface area (TPSA) is 70.7 Å². The summed E-state index contributed by atoms with van der Waals surface area (Å²) in [5.41, 5.74) is -0.339. The highest BCUT2D eigenvalue weighted by atomic mass is 16.5. The number of nitrogens with zero attached hydrogens (tertiary/aromatic N) is 1. The largest absolute Gasteiger partial charge is 0.379 e. The minimum atomic E-state index is -0.436. The van der Waals surface area contributed by atoms with E-state index >= 15 is 0 Å². The molecule has 1 aliphatic heterocycles. The van der Waals surface area contributed by atoms with Gasteiger partial charge in [-0.15, -0.1) is 0 Å². The van der Waals surface area contributed by atoms with Gasteiger partial charge in [-0.1, -0.05) is 0 Å². The van der Waals surface area contributed by atoms with Crippen LogP contribution < -0.4 is 10.6 Å². The van der Waals surface area contributed by atoms with Crippen molar-refractivity contribution in [2.24, 2.45) is 0 Å². The molecule has 1 heterocycles. The van der Waals surface area contributed by atoms with Crippen molar-refractivity contribution in [3.8, 4) is 0 Å². The van der Waals surface area contributed by atoms with Gasteiger partial charge in [-0.2, -0.15) is 0 Å². The highest BCUT2D eigenvalue weighted by Gasteiger charge is 2.16. The minimum Gasteiger partial charge on any atom is -0.379 e. The molecule has 0 aliphatic carbocycles. The highest BCUT2D eigenvalue weighted by molar-refractivity contribution is 5.94. The fourth-order valence-electron chi connectivity index (χ4n) is 1.65. The molecular formula is C12H23N3O3. The van der Waals surface area contributed by atoms with E-state index in [1.807, 2.05) is 20.8 Å². The minimum absolute atomic E-state index is 0.247. The van der Waals surface area contributed by atoms with Gasteiger partial charge >= 0.3 is 6.03 Å². The second-order valence-corrected chi connectivity index (χ2v) is 5.46. The molecule has 0 radical (unpaired) electrons. The molecular weight excluding hydrogens is 234 g/mol. The predicted octanol–water partition coefficient (Wildman–Crippen LogP) is 0.333. The SMILES string of the molecule is CC(C)(C)NC(=O)NC(=O)CCN1CCOCC1. The van der Waals surface area contributed by atoms with Gasteiger partial charge in [0.05, 0.1) is 13.2 Å². The molecule has 2 N–H and O–H groups in total. The first-order valence-electron chi connectivity index (χ1n) is 6.29. The summed E-state index contributed by atoms with van der Waals surface area (Å²) in [5.74, 6) is -0.247. The van der Waals surface area contributed by atoms with Crippen molar-refractivity contribution in [2.75, 3.05) is 32.8 Å². The van der Waals surface area contributed by atoms with Crippen LogP contribution in [-0.4, -0.2) is 55.2 Å². The van der Waals surface area contributed by atoms with Crippen molar-refractivity contribution in [2.45, 2.75) is 32.7 Å². The number of urea groups is 1. The number of carbonyl (C=O) groups excluding carboxylic acids is 2. The van der Waals surface area contributed by atoms with Gasteiger partial charge in [0, 0.05) is 31.6 Å². The summed E-state index contributed by atoms with van der Waals surface area (Å²) < 4.78 is 5.22. The number of imide groups is 1. The molecule has 0 bridgehead atoms. The normalized spacial score (nSPS) is 17.3. The Labute approximate surface area is 108 Å². The van der Waals surface area contributed by atoms with Gasteiger partial charge in [-0.05, 0) is 20.8 Å². The Balaban J connectivity index is 2.18. The zero-order chi connectivity index (χ0) is 13.6. The van der Waals surface area contributed by atoms with E-state index in [1.165, 1.54) is 0 Å². The van der Waals surface area contributed by atoms with Gasteiger partial charge in [-0.25, -0.2) is 4.79 Å². The molecule has 0 spiro atoms. The van der Waals surface area contributed by atoms with Crippen molar-refractivity contribution in [3.05, 3.63) is 0 Å². The molecule has 3 amide bonds. The van der Waals surface area contributed by atoms with E-state index in [0.29, 0.717) is 26.2 Å². The Morgan fingerprint density at radius 3 is 2.39 bits per heavy atom. The summed E-state index contributed by atoms with van der Waals surface area (Å²) in [6.07, 6.45) is 0.331. The van der Waals surface area contributed by atoms with Crippen molar-refractivity contribution >= 4 is 11.9 Å². The Kier molecular flexibility index (Phi) is 5.55. The molecule has 0 atom stereocenters. The molecule has 0 unspecified atom stereocenters. The number of ether oxygens (including phenoxy) is 1. The average molecular weight is 257 g/mol. The van der Waals surface area contributed by atoms with Crippen molar-refractivity contribution in [3.63, 3.8) is 0 Å². The molecule has 1 saturated heterocycles. The molecule has 0 saturated carbocycles. The van der Waals surface area contributed by atoms with E-state index in [-0.39, 0.29) is 11.4 Å². The predicted molar refractivity (Wildman–Crippen MR) is 68.3 cm³/mol. The highest BCUT2D eigenvalue weighted by Crippen LogP contribution is 1.99. The van der Waals surface area contributed by atoms with Crippen LogP contribution >= 0.6 is 0 Å². The standard InChI is InChI=1S/C12H23N3O3/c1-12(2,3)14-11(17)13-10(16)4-5-15-6-8-18-9-7-15/h4-9H2,1-3H3,(H2,13,14,16,17). The lowest BCUT2D eigenvalue weighted by Crippen LogP contribution is -2.48. The van der Waals surface area contributed by atoms with E-state index < -0.39 is 6.03 Å². The smallest absolute Gasteiger partial charge is 0.321 e. The summed E-state index contributed by atoms with van der Waals surface area (Å²) in [4.78, 5) is 25.2. The van der Waals surface area contributed by atoms with Gasteiger partial charge < -0.3 is 10.1 Å². The van der Waals surface area contributed by atoms with Crippen LogP contribution in [0.1, 0.15) is 27.2 Å². The van der Waals surface area contributed by atoms with Gasteiger partial charge in [0.25, 0.3) is 0 Å². The molecule has 0 aromatic heterocycles. The number of morpholine rings is 1. The summed E-state index contributed by atoms with van der Waals surface area (Å²) in [5, 5.41) is 5.01. The molecule has 1 fully saturated rings. The van der Waals surface area contributed by atoms with Crippen LogP contribution in [-0.2, 0) is 9.53 Å². The number of hydrogen-bond donors (Lipinski definition) is 2. The summed E-state index contributed by atoms with van der Waals surface area (Å²) in [6, 6.07) is -0.436. The fraction of sp³-hybridized carbons (Fsp3) is 0.833. The zero-order valence-corrected chi connectivity index (χ0v) is 11.4. The third-order valence-electron chi connectivity index (χ3n) is 2.50. The van der Waals surface area contributed by atoms with Crippen LogP contribution in [0.3, 0.4) is 0 Å². The number of amides is 3. The fourth-order valence-corrected chi connectivity index (χ4v) is 1.65. The maximum atomic E-state index is 11.6. The van der Waals surface area contributed by atoms with Crippen LogP contribution in [0.5, 0.6) is 0 Å². The summed E-state index contributed by atoms with van der Waals surface area (Å²) in [6.45, 7) is 9.39. The van der Waals surface area contributed by atoms with Crippen LogP contribution in [0.15, 0.2) is 0 Å². The Morgan fingerprint density at radius 2 is 1.83 bits per heavy atom. The quantitative estimate of drug-likeness (QED) is 0.764. The Bertz CT molecular complexity index is 293. The number of hydrogen-bond acceptors (Lipinski definition) is 4. The van der Waals surface area contributed by atoms with Crippen LogP contribution in [0.2, 0.25) is 0 Å². The average Bonchev–Trinajstić information content (AvgIpc) is 2.25. The maximum absolute atomic E-state index is 11.6. The summed E-state index contributed by atoms with van der Waals surface area (Å²) in [7, 11) is 0. The number of nitrogens with one attached hydrogen (secondary N) is 2. The monoisotopic (exact) mass is 257 g/mol.